The number of anilines is 1. The van der Waals surface area contributed by atoms with Gasteiger partial charge in [-0.25, -0.2) is 0 Å². The quantitative estimate of drug-likeness (QED) is 0.683. The van der Waals surface area contributed by atoms with Gasteiger partial charge in [-0.1, -0.05) is 0 Å². The molecule has 0 aliphatic rings. The molecule has 0 saturated heterocycles. The topological polar surface area (TPSA) is 63.2 Å². The number of ether oxygens (including phenoxy) is 1. The number of fused-ring (bicyclic) bond motifs is 1. The van der Waals surface area contributed by atoms with E-state index in [2.05, 4.69) is 15.6 Å². The monoisotopic (exact) mass is 327 g/mol. The average molecular weight is 327 g/mol. The zero-order valence-corrected chi connectivity index (χ0v) is 13.5. The fourth-order valence-corrected chi connectivity index (χ4v) is 3.07. The minimum Gasteiger partial charge on any atom is -0.497 e. The Balaban J connectivity index is 1.51. The first-order valence-corrected chi connectivity index (χ1v) is 8.14. The number of hydrogen-bond acceptors (Lipinski definition) is 5. The smallest absolute Gasteiger partial charge is 0.251 e. The van der Waals surface area contributed by atoms with Crippen molar-refractivity contribution in [3.05, 3.63) is 53.5 Å². The number of thiophene rings is 1. The standard InChI is InChI=1S/C17H17N3O2S/c1-22-13-4-2-12(3-5-13)17(21)20-10-9-19-14-6-8-18-15-7-11-23-16(14)15/h2-8,11H,9-10H2,1H3,(H,18,19)(H,20,21). The summed E-state index contributed by atoms with van der Waals surface area (Å²) in [4.78, 5) is 16.3. The van der Waals surface area contributed by atoms with E-state index in [1.165, 1.54) is 0 Å². The van der Waals surface area contributed by atoms with Crippen LogP contribution in [0.4, 0.5) is 5.69 Å². The second-order valence-corrected chi connectivity index (χ2v) is 5.82. The lowest BCUT2D eigenvalue weighted by Crippen LogP contribution is -2.28. The maximum Gasteiger partial charge on any atom is 0.251 e. The van der Waals surface area contributed by atoms with E-state index in [0.29, 0.717) is 18.7 Å². The van der Waals surface area contributed by atoms with Gasteiger partial charge in [0.1, 0.15) is 5.75 Å². The Morgan fingerprint density at radius 2 is 2.00 bits per heavy atom. The van der Waals surface area contributed by atoms with Crippen molar-refractivity contribution in [3.8, 4) is 5.75 Å². The number of hydrogen-bond donors (Lipinski definition) is 2. The van der Waals surface area contributed by atoms with Crippen molar-refractivity contribution in [1.29, 1.82) is 0 Å². The summed E-state index contributed by atoms with van der Waals surface area (Å²) in [6, 6.07) is 11.0. The summed E-state index contributed by atoms with van der Waals surface area (Å²) >= 11 is 1.65. The molecule has 0 fully saturated rings. The summed E-state index contributed by atoms with van der Waals surface area (Å²) in [7, 11) is 1.60. The lowest BCUT2D eigenvalue weighted by molar-refractivity contribution is 0.0955. The van der Waals surface area contributed by atoms with E-state index >= 15 is 0 Å². The molecule has 2 heterocycles. The first-order chi connectivity index (χ1) is 11.3. The Hall–Kier alpha value is -2.60. The molecule has 2 aromatic heterocycles. The van der Waals surface area contributed by atoms with Crippen LogP contribution in [-0.4, -0.2) is 31.1 Å². The largest absolute Gasteiger partial charge is 0.497 e. The Labute approximate surface area is 138 Å². The highest BCUT2D eigenvalue weighted by Crippen LogP contribution is 2.26. The molecule has 5 nitrogen and oxygen atoms in total. The van der Waals surface area contributed by atoms with Crippen molar-refractivity contribution in [2.45, 2.75) is 0 Å². The van der Waals surface area contributed by atoms with Crippen LogP contribution in [0.25, 0.3) is 10.2 Å². The molecule has 0 spiro atoms. The number of amides is 1. The molecule has 0 atom stereocenters. The van der Waals surface area contributed by atoms with Crippen LogP contribution in [0.2, 0.25) is 0 Å². The first kappa shape index (κ1) is 15.3. The van der Waals surface area contributed by atoms with Gasteiger partial charge in [-0.05, 0) is 41.8 Å². The maximum atomic E-state index is 12.0. The van der Waals surface area contributed by atoms with Crippen molar-refractivity contribution >= 4 is 33.1 Å². The molecule has 3 rings (SSSR count). The van der Waals surface area contributed by atoms with Crippen LogP contribution in [-0.2, 0) is 0 Å². The lowest BCUT2D eigenvalue weighted by Gasteiger charge is -2.09. The Morgan fingerprint density at radius 3 is 2.78 bits per heavy atom. The SMILES string of the molecule is COc1ccc(C(=O)NCCNc2ccnc3ccsc23)cc1. The average Bonchev–Trinajstić information content (AvgIpc) is 3.08. The molecule has 1 aromatic carbocycles. The van der Waals surface area contributed by atoms with E-state index in [4.69, 9.17) is 4.74 Å². The van der Waals surface area contributed by atoms with Gasteiger partial charge in [0, 0.05) is 24.8 Å². The van der Waals surface area contributed by atoms with E-state index < -0.39 is 0 Å². The fraction of sp³-hybridized carbons (Fsp3) is 0.176. The van der Waals surface area contributed by atoms with E-state index in [9.17, 15) is 4.79 Å². The van der Waals surface area contributed by atoms with Gasteiger partial charge in [-0.2, -0.15) is 0 Å². The van der Waals surface area contributed by atoms with E-state index in [1.807, 2.05) is 17.5 Å². The Kier molecular flexibility index (Phi) is 4.73. The third-order valence-corrected chi connectivity index (χ3v) is 4.36. The van der Waals surface area contributed by atoms with Gasteiger partial charge in [-0.15, -0.1) is 11.3 Å². The van der Waals surface area contributed by atoms with Crippen molar-refractivity contribution in [3.63, 3.8) is 0 Å². The summed E-state index contributed by atoms with van der Waals surface area (Å²) < 4.78 is 6.21. The Bertz CT molecular complexity index is 799. The van der Waals surface area contributed by atoms with Crippen LogP contribution < -0.4 is 15.4 Å². The summed E-state index contributed by atoms with van der Waals surface area (Å²) in [6.45, 7) is 1.19. The highest BCUT2D eigenvalue weighted by molar-refractivity contribution is 7.17. The third kappa shape index (κ3) is 3.60. The van der Waals surface area contributed by atoms with Crippen LogP contribution in [0.1, 0.15) is 10.4 Å². The van der Waals surface area contributed by atoms with Crippen LogP contribution in [0, 0.1) is 0 Å². The second kappa shape index (κ2) is 7.11. The molecule has 6 heteroatoms. The molecular weight excluding hydrogens is 310 g/mol. The number of benzene rings is 1. The van der Waals surface area contributed by atoms with Gasteiger partial charge >= 0.3 is 0 Å². The van der Waals surface area contributed by atoms with Gasteiger partial charge in [-0.3, -0.25) is 9.78 Å². The van der Waals surface area contributed by atoms with Crippen LogP contribution >= 0.6 is 11.3 Å². The van der Waals surface area contributed by atoms with Gasteiger partial charge in [0.05, 0.1) is 23.0 Å². The highest BCUT2D eigenvalue weighted by atomic mass is 32.1. The highest BCUT2D eigenvalue weighted by Gasteiger charge is 2.05. The molecule has 0 aliphatic carbocycles. The number of aromatic nitrogens is 1. The molecule has 0 aliphatic heterocycles. The molecule has 118 valence electrons. The van der Waals surface area contributed by atoms with Crippen molar-refractivity contribution in [1.82, 2.24) is 10.3 Å². The molecule has 0 unspecified atom stereocenters. The van der Waals surface area contributed by atoms with Crippen molar-refractivity contribution in [2.24, 2.45) is 0 Å². The predicted octanol–water partition coefficient (Wildman–Crippen LogP) is 3.15. The van der Waals surface area contributed by atoms with E-state index in [0.717, 1.165) is 21.7 Å². The molecule has 3 aromatic rings. The zero-order valence-electron chi connectivity index (χ0n) is 12.7. The number of carbonyl (C=O) groups is 1. The zero-order chi connectivity index (χ0) is 16.1. The van der Waals surface area contributed by atoms with Crippen molar-refractivity contribution in [2.75, 3.05) is 25.5 Å². The summed E-state index contributed by atoms with van der Waals surface area (Å²) in [5, 5.41) is 8.25. The molecule has 0 radical (unpaired) electrons. The first-order valence-electron chi connectivity index (χ1n) is 7.26. The third-order valence-electron chi connectivity index (χ3n) is 3.42. The van der Waals surface area contributed by atoms with Gasteiger partial charge in [0.2, 0.25) is 0 Å². The molecule has 23 heavy (non-hydrogen) atoms. The van der Waals surface area contributed by atoms with Gasteiger partial charge in [0.15, 0.2) is 0 Å². The summed E-state index contributed by atoms with van der Waals surface area (Å²) in [5.41, 5.74) is 2.65. The number of methoxy groups -OCH3 is 1. The summed E-state index contributed by atoms with van der Waals surface area (Å²) in [5.74, 6) is 0.645. The van der Waals surface area contributed by atoms with Crippen molar-refractivity contribution < 1.29 is 9.53 Å². The number of rotatable bonds is 6. The predicted molar refractivity (Wildman–Crippen MR) is 93.4 cm³/mol. The number of pyridine rings is 1. The number of nitrogens with one attached hydrogen (secondary N) is 2. The lowest BCUT2D eigenvalue weighted by atomic mass is 10.2. The van der Waals surface area contributed by atoms with E-state index in [1.54, 1.807) is 48.9 Å². The summed E-state index contributed by atoms with van der Waals surface area (Å²) in [6.07, 6.45) is 1.79. The molecule has 0 saturated carbocycles. The van der Waals surface area contributed by atoms with Gasteiger partial charge in [0.25, 0.3) is 5.91 Å². The van der Waals surface area contributed by atoms with Crippen LogP contribution in [0.3, 0.4) is 0 Å². The van der Waals surface area contributed by atoms with Crippen LogP contribution in [0.5, 0.6) is 5.75 Å². The second-order valence-electron chi connectivity index (χ2n) is 4.90. The molecule has 2 N–H and O–H groups in total. The molecule has 0 bridgehead atoms. The molecular formula is C17H17N3O2S. The number of nitrogens with zero attached hydrogens (tertiary/aromatic N) is 1. The minimum absolute atomic E-state index is 0.0922. The molecule has 1 amide bonds. The Morgan fingerprint density at radius 1 is 1.17 bits per heavy atom. The van der Waals surface area contributed by atoms with E-state index in [-0.39, 0.29) is 5.91 Å². The van der Waals surface area contributed by atoms with Gasteiger partial charge < -0.3 is 15.4 Å². The van der Waals surface area contributed by atoms with Crippen LogP contribution in [0.15, 0.2) is 48.0 Å². The number of carbonyl (C=O) groups excluding carboxylic acids is 1. The minimum atomic E-state index is -0.0922. The fourth-order valence-electron chi connectivity index (χ4n) is 2.23. The normalized spacial score (nSPS) is 10.5. The maximum absolute atomic E-state index is 12.0.